The zero-order valence-corrected chi connectivity index (χ0v) is 12.8. The van der Waals surface area contributed by atoms with Crippen molar-refractivity contribution in [2.75, 3.05) is 13.1 Å². The molecule has 0 radical (unpaired) electrons. The molecule has 1 N–H and O–H groups in total. The summed E-state index contributed by atoms with van der Waals surface area (Å²) >= 11 is 0. The van der Waals surface area contributed by atoms with Crippen LogP contribution in [0.3, 0.4) is 0 Å². The van der Waals surface area contributed by atoms with E-state index in [0.29, 0.717) is 12.1 Å². The highest BCUT2D eigenvalue weighted by Gasteiger charge is 2.39. The predicted molar refractivity (Wildman–Crippen MR) is 77.5 cm³/mol. The Balaban J connectivity index is 2.26. The van der Waals surface area contributed by atoms with Crippen LogP contribution in [0.5, 0.6) is 0 Å². The van der Waals surface area contributed by atoms with Gasteiger partial charge >= 0.3 is 0 Å². The number of nitrogens with one attached hydrogen (secondary N) is 1. The Morgan fingerprint density at radius 1 is 1.25 bits per heavy atom. The van der Waals surface area contributed by atoms with Crippen molar-refractivity contribution in [3.05, 3.63) is 35.4 Å². The average molecular weight is 282 g/mol. The standard InChI is InChI=1S/C16H24F2N2/c1-5-16(4)10-19-15(2,3)11-20(16)9-12-7-6-8-13(17)14(12)18/h6-8,19H,5,9-11H2,1-4H3. The van der Waals surface area contributed by atoms with Crippen molar-refractivity contribution in [1.82, 2.24) is 10.2 Å². The van der Waals surface area contributed by atoms with Crippen molar-refractivity contribution >= 4 is 0 Å². The van der Waals surface area contributed by atoms with Gasteiger partial charge < -0.3 is 5.32 Å². The summed E-state index contributed by atoms with van der Waals surface area (Å²) in [7, 11) is 0. The van der Waals surface area contributed by atoms with Crippen molar-refractivity contribution in [2.45, 2.75) is 51.7 Å². The molecule has 1 aromatic rings. The van der Waals surface area contributed by atoms with Gasteiger partial charge in [-0.15, -0.1) is 0 Å². The van der Waals surface area contributed by atoms with Gasteiger partial charge in [0.05, 0.1) is 0 Å². The number of rotatable bonds is 3. The monoisotopic (exact) mass is 282 g/mol. The summed E-state index contributed by atoms with van der Waals surface area (Å²) in [5.41, 5.74) is 0.384. The van der Waals surface area contributed by atoms with Crippen LogP contribution in [0.2, 0.25) is 0 Å². The second-order valence-electron chi connectivity index (χ2n) is 6.66. The van der Waals surface area contributed by atoms with E-state index >= 15 is 0 Å². The summed E-state index contributed by atoms with van der Waals surface area (Å²) in [5.74, 6) is -1.49. The summed E-state index contributed by atoms with van der Waals surface area (Å²) in [5, 5.41) is 3.53. The fourth-order valence-corrected chi connectivity index (χ4v) is 2.74. The maximum atomic E-state index is 13.9. The molecule has 0 amide bonds. The summed E-state index contributed by atoms with van der Waals surface area (Å²) in [4.78, 5) is 2.27. The van der Waals surface area contributed by atoms with Gasteiger partial charge in [-0.05, 0) is 33.3 Å². The van der Waals surface area contributed by atoms with Crippen molar-refractivity contribution in [3.8, 4) is 0 Å². The van der Waals surface area contributed by atoms with Crippen molar-refractivity contribution < 1.29 is 8.78 Å². The highest BCUT2D eigenvalue weighted by molar-refractivity contribution is 5.19. The van der Waals surface area contributed by atoms with Gasteiger partial charge in [-0.3, -0.25) is 4.90 Å². The molecule has 1 unspecified atom stereocenters. The van der Waals surface area contributed by atoms with Gasteiger partial charge in [-0.1, -0.05) is 19.1 Å². The number of hydrogen-bond donors (Lipinski definition) is 1. The van der Waals surface area contributed by atoms with E-state index in [2.05, 4.69) is 37.9 Å². The van der Waals surface area contributed by atoms with E-state index in [-0.39, 0.29) is 11.1 Å². The number of hydrogen-bond acceptors (Lipinski definition) is 2. The molecule has 1 heterocycles. The molecule has 1 aliphatic heterocycles. The Kier molecular flexibility index (Phi) is 4.17. The third-order valence-corrected chi connectivity index (χ3v) is 4.45. The van der Waals surface area contributed by atoms with Crippen molar-refractivity contribution in [3.63, 3.8) is 0 Å². The quantitative estimate of drug-likeness (QED) is 0.915. The first-order chi connectivity index (χ1) is 9.27. The van der Waals surface area contributed by atoms with Crippen LogP contribution in [0.1, 0.15) is 39.7 Å². The van der Waals surface area contributed by atoms with Gasteiger partial charge in [0.15, 0.2) is 11.6 Å². The molecular formula is C16H24F2N2. The Morgan fingerprint density at radius 2 is 1.95 bits per heavy atom. The average Bonchev–Trinajstić information content (AvgIpc) is 2.39. The minimum absolute atomic E-state index is 0.0154. The topological polar surface area (TPSA) is 15.3 Å². The van der Waals surface area contributed by atoms with Crippen LogP contribution in [0.25, 0.3) is 0 Å². The van der Waals surface area contributed by atoms with E-state index < -0.39 is 11.6 Å². The largest absolute Gasteiger partial charge is 0.309 e. The smallest absolute Gasteiger partial charge is 0.163 e. The van der Waals surface area contributed by atoms with Crippen LogP contribution in [0.4, 0.5) is 8.78 Å². The van der Waals surface area contributed by atoms with E-state index in [1.54, 1.807) is 12.1 Å². The van der Waals surface area contributed by atoms with Crippen LogP contribution < -0.4 is 5.32 Å². The molecule has 0 spiro atoms. The lowest BCUT2D eigenvalue weighted by Crippen LogP contribution is -2.66. The molecule has 20 heavy (non-hydrogen) atoms. The first-order valence-electron chi connectivity index (χ1n) is 7.20. The summed E-state index contributed by atoms with van der Waals surface area (Å²) in [6, 6.07) is 4.41. The Bertz CT molecular complexity index is 487. The second-order valence-corrected chi connectivity index (χ2v) is 6.66. The molecule has 4 heteroatoms. The predicted octanol–water partition coefficient (Wildman–Crippen LogP) is 3.32. The molecule has 2 nitrogen and oxygen atoms in total. The first-order valence-corrected chi connectivity index (χ1v) is 7.20. The summed E-state index contributed by atoms with van der Waals surface area (Å²) in [6.45, 7) is 10.7. The highest BCUT2D eigenvalue weighted by atomic mass is 19.2. The molecule has 1 fully saturated rings. The SMILES string of the molecule is CCC1(C)CNC(C)(C)CN1Cc1cccc(F)c1F. The van der Waals surface area contributed by atoms with Crippen LogP contribution in [-0.2, 0) is 6.54 Å². The van der Waals surface area contributed by atoms with Gasteiger partial charge in [0.1, 0.15) is 0 Å². The Morgan fingerprint density at radius 3 is 2.60 bits per heavy atom. The zero-order chi connectivity index (χ0) is 15.0. The number of benzene rings is 1. The fourth-order valence-electron chi connectivity index (χ4n) is 2.74. The highest BCUT2D eigenvalue weighted by Crippen LogP contribution is 2.29. The van der Waals surface area contributed by atoms with Crippen LogP contribution in [0, 0.1) is 11.6 Å². The minimum atomic E-state index is -0.768. The molecule has 1 aliphatic rings. The molecule has 2 rings (SSSR count). The molecule has 0 aliphatic carbocycles. The van der Waals surface area contributed by atoms with E-state index in [0.717, 1.165) is 19.5 Å². The van der Waals surface area contributed by atoms with Crippen molar-refractivity contribution in [2.24, 2.45) is 0 Å². The normalized spacial score (nSPS) is 26.7. The van der Waals surface area contributed by atoms with Gasteiger partial charge in [0.25, 0.3) is 0 Å². The Labute approximate surface area is 120 Å². The second kappa shape index (κ2) is 5.41. The molecule has 0 aromatic heterocycles. The lowest BCUT2D eigenvalue weighted by Gasteiger charge is -2.51. The van der Waals surface area contributed by atoms with Gasteiger partial charge in [0, 0.05) is 36.3 Å². The van der Waals surface area contributed by atoms with Gasteiger partial charge in [-0.25, -0.2) is 8.78 Å². The van der Waals surface area contributed by atoms with Crippen LogP contribution >= 0.6 is 0 Å². The van der Waals surface area contributed by atoms with E-state index in [1.165, 1.54) is 6.07 Å². The molecule has 112 valence electrons. The maximum absolute atomic E-state index is 13.9. The van der Waals surface area contributed by atoms with E-state index in [9.17, 15) is 8.78 Å². The first kappa shape index (κ1) is 15.4. The third kappa shape index (κ3) is 3.01. The lowest BCUT2D eigenvalue weighted by atomic mass is 9.87. The fraction of sp³-hybridized carbons (Fsp3) is 0.625. The number of nitrogens with zero attached hydrogens (tertiary/aromatic N) is 1. The number of halogens is 2. The van der Waals surface area contributed by atoms with E-state index in [1.807, 2.05) is 0 Å². The molecule has 0 saturated carbocycles. The van der Waals surface area contributed by atoms with Gasteiger partial charge in [0.2, 0.25) is 0 Å². The molecule has 1 aromatic carbocycles. The van der Waals surface area contributed by atoms with E-state index in [4.69, 9.17) is 0 Å². The molecule has 0 bridgehead atoms. The molecular weight excluding hydrogens is 258 g/mol. The lowest BCUT2D eigenvalue weighted by molar-refractivity contribution is 0.0166. The molecule has 1 atom stereocenters. The van der Waals surface area contributed by atoms with Crippen LogP contribution in [-0.4, -0.2) is 29.1 Å². The van der Waals surface area contributed by atoms with Crippen LogP contribution in [0.15, 0.2) is 18.2 Å². The third-order valence-electron chi connectivity index (χ3n) is 4.45. The Hall–Kier alpha value is -1.00. The van der Waals surface area contributed by atoms with Gasteiger partial charge in [-0.2, -0.15) is 0 Å². The summed E-state index contributed by atoms with van der Waals surface area (Å²) in [6.07, 6.45) is 0.965. The molecule has 1 saturated heterocycles. The zero-order valence-electron chi connectivity index (χ0n) is 12.8. The summed E-state index contributed by atoms with van der Waals surface area (Å²) < 4.78 is 27.2. The van der Waals surface area contributed by atoms with Crippen molar-refractivity contribution in [1.29, 1.82) is 0 Å². The number of piperazine rings is 1. The maximum Gasteiger partial charge on any atom is 0.163 e. The minimum Gasteiger partial charge on any atom is -0.309 e.